The highest BCUT2D eigenvalue weighted by atomic mass is 15.1. The van der Waals surface area contributed by atoms with Crippen molar-refractivity contribution in [2.75, 3.05) is 0 Å². The predicted octanol–water partition coefficient (Wildman–Crippen LogP) is 10.9. The maximum Gasteiger partial charge on any atom is 0.182 e. The van der Waals surface area contributed by atoms with Crippen LogP contribution in [0.2, 0.25) is 0 Å². The minimum Gasteiger partial charge on any atom is -0.256 e. The Balaban J connectivity index is 1.32. The fourth-order valence-corrected chi connectivity index (χ4v) is 6.63. The van der Waals surface area contributed by atoms with Crippen molar-refractivity contribution in [1.29, 1.82) is 0 Å². The fourth-order valence-electron chi connectivity index (χ4n) is 6.63. The molecule has 9 rings (SSSR count). The molecule has 0 fully saturated rings. The number of rotatable bonds is 7. The molecule has 0 saturated carbocycles. The lowest BCUT2D eigenvalue weighted by Gasteiger charge is -2.18. The summed E-state index contributed by atoms with van der Waals surface area (Å²) in [5.41, 5.74) is 11.9. The molecule has 0 radical (unpaired) electrons. The molecule has 5 aromatic carbocycles. The van der Waals surface area contributed by atoms with Crippen LogP contribution in [-0.2, 0) is 0 Å². The Kier molecular flexibility index (Phi) is 8.08. The van der Waals surface area contributed by atoms with Crippen LogP contribution in [0.4, 0.5) is 0 Å². The van der Waals surface area contributed by atoms with Crippen LogP contribution in [0.5, 0.6) is 0 Å². The van der Waals surface area contributed by atoms with Gasteiger partial charge in [0.2, 0.25) is 0 Å². The van der Waals surface area contributed by atoms with Gasteiger partial charge in [-0.2, -0.15) is 0 Å². The zero-order chi connectivity index (χ0) is 34.7. The van der Waals surface area contributed by atoms with E-state index < -0.39 is 0 Å². The quantitative estimate of drug-likeness (QED) is 0.168. The summed E-state index contributed by atoms with van der Waals surface area (Å²) >= 11 is 0. The van der Waals surface area contributed by atoms with Crippen molar-refractivity contribution in [2.45, 2.75) is 0 Å². The lowest BCUT2D eigenvalue weighted by atomic mass is 9.86. The number of hydrogen-bond donors (Lipinski definition) is 0. The number of hydrogen-bond acceptors (Lipinski definition) is 6. The highest BCUT2D eigenvalue weighted by molar-refractivity contribution is 6.01. The summed E-state index contributed by atoms with van der Waals surface area (Å²) in [7, 11) is 0. The number of pyridine rings is 3. The average molecular weight is 667 g/mol. The molecule has 4 heterocycles. The van der Waals surface area contributed by atoms with Crippen LogP contribution >= 0.6 is 0 Å². The first-order chi connectivity index (χ1) is 25.8. The molecule has 244 valence electrons. The second-order valence-corrected chi connectivity index (χ2v) is 12.4. The van der Waals surface area contributed by atoms with Crippen LogP contribution in [0.3, 0.4) is 0 Å². The van der Waals surface area contributed by atoms with Gasteiger partial charge in [0.1, 0.15) is 11.4 Å². The summed E-state index contributed by atoms with van der Waals surface area (Å²) < 4.78 is 0. The molecule has 0 bridgehead atoms. The number of fused-ring (bicyclic) bond motifs is 1. The standard InChI is InChI=1S/C46H30N6/c1-3-13-31(14-4-1)34-22-24-36(32-15-5-2-6-16-32)39(29-34)37-25-23-35(30-40(37)38-19-11-17-33-18-12-28-49-43(33)38)44-50-45(41-20-7-9-26-47-41)52-46(51-44)42-21-8-10-27-48-42/h1-30H. The Morgan fingerprint density at radius 2 is 0.846 bits per heavy atom. The lowest BCUT2D eigenvalue weighted by Crippen LogP contribution is -2.02. The molecule has 0 aliphatic heterocycles. The smallest absolute Gasteiger partial charge is 0.182 e. The van der Waals surface area contributed by atoms with Gasteiger partial charge in [-0.05, 0) is 81.4 Å². The zero-order valence-electron chi connectivity index (χ0n) is 28.0. The summed E-state index contributed by atoms with van der Waals surface area (Å²) in [6.07, 6.45) is 5.34. The third kappa shape index (κ3) is 5.99. The molecule has 0 aliphatic carbocycles. The van der Waals surface area contributed by atoms with Crippen LogP contribution in [0.25, 0.3) is 89.8 Å². The van der Waals surface area contributed by atoms with Crippen LogP contribution in [0.15, 0.2) is 182 Å². The highest BCUT2D eigenvalue weighted by Crippen LogP contribution is 2.43. The Labute approximate surface area is 301 Å². The van der Waals surface area contributed by atoms with Crippen molar-refractivity contribution in [1.82, 2.24) is 29.9 Å². The largest absolute Gasteiger partial charge is 0.256 e. The zero-order valence-corrected chi connectivity index (χ0v) is 28.0. The van der Waals surface area contributed by atoms with Gasteiger partial charge >= 0.3 is 0 Å². The summed E-state index contributed by atoms with van der Waals surface area (Å²) in [5, 5.41) is 1.06. The first kappa shape index (κ1) is 30.8. The molecule has 6 nitrogen and oxygen atoms in total. The molecule has 0 N–H and O–H groups in total. The highest BCUT2D eigenvalue weighted by Gasteiger charge is 2.20. The Morgan fingerprint density at radius 1 is 0.288 bits per heavy atom. The topological polar surface area (TPSA) is 77.3 Å². The van der Waals surface area contributed by atoms with E-state index in [1.165, 1.54) is 0 Å². The van der Waals surface area contributed by atoms with Gasteiger partial charge in [-0.1, -0.05) is 121 Å². The average Bonchev–Trinajstić information content (AvgIpc) is 3.24. The van der Waals surface area contributed by atoms with Gasteiger partial charge in [-0.3, -0.25) is 15.0 Å². The normalized spacial score (nSPS) is 11.1. The molecule has 0 saturated heterocycles. The van der Waals surface area contributed by atoms with Gasteiger partial charge in [-0.25, -0.2) is 15.0 Å². The predicted molar refractivity (Wildman–Crippen MR) is 209 cm³/mol. The number of benzene rings is 5. The summed E-state index contributed by atoms with van der Waals surface area (Å²) in [6, 6.07) is 56.1. The van der Waals surface area contributed by atoms with Gasteiger partial charge in [0.15, 0.2) is 17.5 Å². The molecule has 0 aliphatic rings. The van der Waals surface area contributed by atoms with Gasteiger partial charge in [0.05, 0.1) is 5.52 Å². The van der Waals surface area contributed by atoms with Crippen molar-refractivity contribution in [2.24, 2.45) is 0 Å². The maximum atomic E-state index is 4.99. The second kappa shape index (κ2) is 13.6. The number of aromatic nitrogens is 6. The van der Waals surface area contributed by atoms with E-state index >= 15 is 0 Å². The Morgan fingerprint density at radius 3 is 1.54 bits per heavy atom. The molecule has 0 amide bonds. The third-order valence-electron chi connectivity index (χ3n) is 9.13. The summed E-state index contributed by atoms with van der Waals surface area (Å²) in [4.78, 5) is 28.8. The number of para-hydroxylation sites is 1. The lowest BCUT2D eigenvalue weighted by molar-refractivity contribution is 1.05. The summed E-state index contributed by atoms with van der Waals surface area (Å²) in [6.45, 7) is 0. The minimum atomic E-state index is 0.477. The fraction of sp³-hybridized carbons (Fsp3) is 0. The van der Waals surface area contributed by atoms with E-state index in [1.807, 2.05) is 54.7 Å². The second-order valence-electron chi connectivity index (χ2n) is 12.4. The first-order valence-electron chi connectivity index (χ1n) is 17.1. The van der Waals surface area contributed by atoms with Crippen molar-refractivity contribution < 1.29 is 0 Å². The van der Waals surface area contributed by atoms with Gasteiger partial charge in [-0.15, -0.1) is 0 Å². The molecule has 9 aromatic rings. The molecule has 6 heteroatoms. The van der Waals surface area contributed by atoms with E-state index in [9.17, 15) is 0 Å². The summed E-state index contributed by atoms with van der Waals surface area (Å²) in [5.74, 6) is 1.48. The van der Waals surface area contributed by atoms with Crippen molar-refractivity contribution in [3.8, 4) is 78.9 Å². The maximum absolute atomic E-state index is 4.99. The first-order valence-corrected chi connectivity index (χ1v) is 17.1. The molecule has 4 aromatic heterocycles. The van der Waals surface area contributed by atoms with E-state index in [0.29, 0.717) is 28.9 Å². The van der Waals surface area contributed by atoms with Crippen molar-refractivity contribution in [3.63, 3.8) is 0 Å². The molecular weight excluding hydrogens is 637 g/mol. The van der Waals surface area contributed by atoms with Crippen LogP contribution in [0.1, 0.15) is 0 Å². The van der Waals surface area contributed by atoms with Crippen molar-refractivity contribution in [3.05, 3.63) is 182 Å². The van der Waals surface area contributed by atoms with E-state index in [2.05, 4.69) is 125 Å². The SMILES string of the molecule is c1ccc(-c2ccc(-c3ccccc3)c(-c3ccc(-c4nc(-c5ccccn5)nc(-c5ccccn5)n4)cc3-c3cccc4cccnc34)c2)cc1. The molecular formula is C46H30N6. The Hall–Kier alpha value is -7.18. The van der Waals surface area contributed by atoms with E-state index in [-0.39, 0.29) is 0 Å². The monoisotopic (exact) mass is 666 g/mol. The Bertz CT molecular complexity index is 2600. The van der Waals surface area contributed by atoms with Crippen molar-refractivity contribution >= 4 is 10.9 Å². The third-order valence-corrected chi connectivity index (χ3v) is 9.13. The van der Waals surface area contributed by atoms with Gasteiger partial charge in [0.25, 0.3) is 0 Å². The van der Waals surface area contributed by atoms with E-state index in [4.69, 9.17) is 19.9 Å². The van der Waals surface area contributed by atoms with E-state index in [0.717, 1.165) is 61.0 Å². The van der Waals surface area contributed by atoms with Gasteiger partial charge < -0.3 is 0 Å². The molecule has 0 atom stereocenters. The number of nitrogens with zero attached hydrogens (tertiary/aromatic N) is 6. The van der Waals surface area contributed by atoms with Crippen LogP contribution < -0.4 is 0 Å². The molecule has 0 unspecified atom stereocenters. The van der Waals surface area contributed by atoms with Gasteiger partial charge in [0, 0.05) is 35.1 Å². The van der Waals surface area contributed by atoms with Crippen LogP contribution in [0, 0.1) is 0 Å². The molecule has 0 spiro atoms. The minimum absolute atomic E-state index is 0.477. The van der Waals surface area contributed by atoms with E-state index in [1.54, 1.807) is 12.4 Å². The molecule has 52 heavy (non-hydrogen) atoms. The van der Waals surface area contributed by atoms with Crippen LogP contribution in [-0.4, -0.2) is 29.9 Å².